The molecule has 16 heavy (non-hydrogen) atoms. The third-order valence-electron chi connectivity index (χ3n) is 2.40. The summed E-state index contributed by atoms with van der Waals surface area (Å²) in [5, 5.41) is 10.2. The lowest BCUT2D eigenvalue weighted by Crippen LogP contribution is -2.17. The summed E-state index contributed by atoms with van der Waals surface area (Å²) in [7, 11) is 0. The molecule has 0 bridgehead atoms. The first-order chi connectivity index (χ1) is 7.86. The molecule has 1 aromatic carbocycles. The summed E-state index contributed by atoms with van der Waals surface area (Å²) < 4.78 is 1.18. The number of nitrogens with one attached hydrogen (secondary N) is 2. The minimum absolute atomic E-state index is 0.838. The molecular weight excluding hydrogens is 266 g/mol. The number of H-pyrrole nitrogens is 1. The van der Waals surface area contributed by atoms with Gasteiger partial charge in [-0.1, -0.05) is 34.1 Å². The molecular formula is C12H14BrN3. The molecule has 3 nitrogen and oxygen atoms in total. The highest BCUT2D eigenvalue weighted by atomic mass is 79.9. The van der Waals surface area contributed by atoms with Crippen molar-refractivity contribution in [2.24, 2.45) is 0 Å². The van der Waals surface area contributed by atoms with Gasteiger partial charge in [-0.2, -0.15) is 5.10 Å². The van der Waals surface area contributed by atoms with Crippen molar-refractivity contribution in [2.75, 3.05) is 6.54 Å². The molecule has 0 radical (unpaired) electrons. The summed E-state index contributed by atoms with van der Waals surface area (Å²) in [6, 6.07) is 10.3. The molecule has 0 aliphatic rings. The number of benzene rings is 1. The SMILES string of the molecule is Brc1ccccc1CCNCc1ccn[nH]1. The smallest absolute Gasteiger partial charge is 0.0490 e. The van der Waals surface area contributed by atoms with Crippen molar-refractivity contribution in [1.29, 1.82) is 0 Å². The fourth-order valence-corrected chi connectivity index (χ4v) is 2.01. The summed E-state index contributed by atoms with van der Waals surface area (Å²) >= 11 is 3.54. The fraction of sp³-hybridized carbons (Fsp3) is 0.250. The third-order valence-corrected chi connectivity index (χ3v) is 3.18. The molecule has 0 spiro atoms. The number of halogens is 1. The molecule has 0 saturated heterocycles. The third kappa shape index (κ3) is 3.18. The molecule has 0 fully saturated rings. The van der Waals surface area contributed by atoms with Gasteiger partial charge >= 0.3 is 0 Å². The molecule has 1 aromatic heterocycles. The monoisotopic (exact) mass is 279 g/mol. The number of hydrogen-bond acceptors (Lipinski definition) is 2. The Hall–Kier alpha value is -1.13. The molecule has 2 rings (SSSR count). The number of aromatic nitrogens is 2. The molecule has 0 amide bonds. The van der Waals surface area contributed by atoms with Crippen LogP contribution in [0.4, 0.5) is 0 Å². The van der Waals surface area contributed by atoms with E-state index in [2.05, 4.69) is 49.6 Å². The topological polar surface area (TPSA) is 40.7 Å². The van der Waals surface area contributed by atoms with Gasteiger partial charge in [-0.15, -0.1) is 0 Å². The molecule has 0 saturated carbocycles. The van der Waals surface area contributed by atoms with Crippen LogP contribution < -0.4 is 5.32 Å². The van der Waals surface area contributed by atoms with Gasteiger partial charge in [-0.3, -0.25) is 5.10 Å². The van der Waals surface area contributed by atoms with E-state index in [1.807, 2.05) is 12.1 Å². The second-order valence-electron chi connectivity index (χ2n) is 3.60. The van der Waals surface area contributed by atoms with Gasteiger partial charge < -0.3 is 5.32 Å². The number of aromatic amines is 1. The van der Waals surface area contributed by atoms with Crippen molar-refractivity contribution in [1.82, 2.24) is 15.5 Å². The standard InChI is InChI=1S/C12H14BrN3/c13-12-4-2-1-3-10(12)5-7-14-9-11-6-8-15-16-11/h1-4,6,8,14H,5,7,9H2,(H,15,16). The molecule has 2 N–H and O–H groups in total. The fourth-order valence-electron chi connectivity index (χ4n) is 1.53. The van der Waals surface area contributed by atoms with Crippen LogP contribution in [0.1, 0.15) is 11.3 Å². The summed E-state index contributed by atoms with van der Waals surface area (Å²) in [5.41, 5.74) is 2.45. The zero-order valence-corrected chi connectivity index (χ0v) is 10.5. The van der Waals surface area contributed by atoms with E-state index in [1.165, 1.54) is 10.0 Å². The molecule has 0 aliphatic carbocycles. The molecule has 2 aromatic rings. The number of nitrogens with zero attached hydrogens (tertiary/aromatic N) is 1. The van der Waals surface area contributed by atoms with Gasteiger partial charge in [-0.05, 0) is 30.7 Å². The van der Waals surface area contributed by atoms with Gasteiger partial charge in [0.25, 0.3) is 0 Å². The summed E-state index contributed by atoms with van der Waals surface area (Å²) in [6.45, 7) is 1.80. The van der Waals surface area contributed by atoms with Crippen molar-refractivity contribution in [3.63, 3.8) is 0 Å². The lowest BCUT2D eigenvalue weighted by Gasteiger charge is -2.05. The Balaban J connectivity index is 1.74. The zero-order valence-electron chi connectivity index (χ0n) is 8.91. The Morgan fingerprint density at radius 2 is 2.12 bits per heavy atom. The van der Waals surface area contributed by atoms with Gasteiger partial charge in [0.15, 0.2) is 0 Å². The minimum atomic E-state index is 0.838. The zero-order chi connectivity index (χ0) is 11.2. The Morgan fingerprint density at radius 1 is 1.25 bits per heavy atom. The van der Waals surface area contributed by atoms with Crippen LogP contribution >= 0.6 is 15.9 Å². The molecule has 84 valence electrons. The van der Waals surface area contributed by atoms with E-state index in [-0.39, 0.29) is 0 Å². The van der Waals surface area contributed by atoms with Crippen LogP contribution in [0.15, 0.2) is 41.0 Å². The maximum absolute atomic E-state index is 3.90. The van der Waals surface area contributed by atoms with Crippen molar-refractivity contribution in [3.8, 4) is 0 Å². The van der Waals surface area contributed by atoms with Gasteiger partial charge in [0.1, 0.15) is 0 Å². The molecule has 4 heteroatoms. The Morgan fingerprint density at radius 3 is 2.88 bits per heavy atom. The molecule has 0 aliphatic heterocycles. The van der Waals surface area contributed by atoms with Gasteiger partial charge in [-0.25, -0.2) is 0 Å². The van der Waals surface area contributed by atoms with Crippen molar-refractivity contribution in [3.05, 3.63) is 52.3 Å². The molecule has 0 unspecified atom stereocenters. The van der Waals surface area contributed by atoms with Gasteiger partial charge in [0.05, 0.1) is 0 Å². The average molecular weight is 280 g/mol. The highest BCUT2D eigenvalue weighted by Crippen LogP contribution is 2.15. The second-order valence-corrected chi connectivity index (χ2v) is 4.45. The van der Waals surface area contributed by atoms with Gasteiger partial charge in [0.2, 0.25) is 0 Å². The van der Waals surface area contributed by atoms with Crippen LogP contribution in [-0.4, -0.2) is 16.7 Å². The van der Waals surface area contributed by atoms with E-state index in [0.717, 1.165) is 25.2 Å². The Bertz CT molecular complexity index is 426. The first kappa shape index (κ1) is 11.4. The van der Waals surface area contributed by atoms with Crippen molar-refractivity contribution in [2.45, 2.75) is 13.0 Å². The van der Waals surface area contributed by atoms with Crippen LogP contribution in [0.3, 0.4) is 0 Å². The van der Waals surface area contributed by atoms with Crippen molar-refractivity contribution >= 4 is 15.9 Å². The van der Waals surface area contributed by atoms with E-state index >= 15 is 0 Å². The highest BCUT2D eigenvalue weighted by molar-refractivity contribution is 9.10. The van der Waals surface area contributed by atoms with Gasteiger partial charge in [0, 0.05) is 22.9 Å². The lowest BCUT2D eigenvalue weighted by molar-refractivity contribution is 0.672. The summed E-state index contributed by atoms with van der Waals surface area (Å²) in [4.78, 5) is 0. The maximum atomic E-state index is 3.90. The number of rotatable bonds is 5. The van der Waals surface area contributed by atoms with Crippen LogP contribution in [0, 0.1) is 0 Å². The van der Waals surface area contributed by atoms with Crippen LogP contribution in [-0.2, 0) is 13.0 Å². The minimum Gasteiger partial charge on any atom is -0.311 e. The van der Waals surface area contributed by atoms with Crippen LogP contribution in [0.5, 0.6) is 0 Å². The van der Waals surface area contributed by atoms with E-state index in [1.54, 1.807) is 6.20 Å². The second kappa shape index (κ2) is 5.82. The van der Waals surface area contributed by atoms with E-state index in [4.69, 9.17) is 0 Å². The Labute approximate surface area is 103 Å². The molecule has 0 atom stereocenters. The average Bonchev–Trinajstić information content (AvgIpc) is 2.79. The summed E-state index contributed by atoms with van der Waals surface area (Å²) in [6.07, 6.45) is 2.79. The lowest BCUT2D eigenvalue weighted by atomic mass is 10.1. The maximum Gasteiger partial charge on any atom is 0.0490 e. The first-order valence-electron chi connectivity index (χ1n) is 5.28. The predicted molar refractivity (Wildman–Crippen MR) is 68.1 cm³/mol. The molecule has 1 heterocycles. The van der Waals surface area contributed by atoms with E-state index < -0.39 is 0 Å². The van der Waals surface area contributed by atoms with E-state index in [9.17, 15) is 0 Å². The highest BCUT2D eigenvalue weighted by Gasteiger charge is 1.98. The quantitative estimate of drug-likeness (QED) is 0.826. The normalized spacial score (nSPS) is 10.6. The Kier molecular flexibility index (Phi) is 4.13. The first-order valence-corrected chi connectivity index (χ1v) is 6.08. The van der Waals surface area contributed by atoms with Crippen LogP contribution in [0.25, 0.3) is 0 Å². The largest absolute Gasteiger partial charge is 0.311 e. The van der Waals surface area contributed by atoms with Crippen LogP contribution in [0.2, 0.25) is 0 Å². The van der Waals surface area contributed by atoms with Crippen molar-refractivity contribution < 1.29 is 0 Å². The van der Waals surface area contributed by atoms with E-state index in [0.29, 0.717) is 0 Å². The summed E-state index contributed by atoms with van der Waals surface area (Å²) in [5.74, 6) is 0. The number of hydrogen-bond donors (Lipinski definition) is 2. The predicted octanol–water partition coefficient (Wildman–Crippen LogP) is 2.50.